The topological polar surface area (TPSA) is 64.7 Å². The Morgan fingerprint density at radius 1 is 1.20 bits per heavy atom. The predicted molar refractivity (Wildman–Crippen MR) is 95.9 cm³/mol. The molecule has 6 heteroatoms. The van der Waals surface area contributed by atoms with Gasteiger partial charge < -0.3 is 5.32 Å². The highest BCUT2D eigenvalue weighted by Crippen LogP contribution is 2.36. The summed E-state index contributed by atoms with van der Waals surface area (Å²) >= 11 is 0. The van der Waals surface area contributed by atoms with Crippen LogP contribution in [0.3, 0.4) is 0 Å². The van der Waals surface area contributed by atoms with E-state index in [1.807, 2.05) is 59.6 Å². The SMILES string of the molecule is Cc1cc(C)n(-c2ccc(CC(=O)Nc3ccnn3C3CC3)cc2)n1. The minimum Gasteiger partial charge on any atom is -0.311 e. The second-order valence-electron chi connectivity index (χ2n) is 6.62. The molecular formula is C19H21N5O. The molecule has 1 aliphatic carbocycles. The van der Waals surface area contributed by atoms with Gasteiger partial charge in [-0.25, -0.2) is 9.36 Å². The Kier molecular flexibility index (Phi) is 3.87. The molecule has 1 saturated carbocycles. The maximum absolute atomic E-state index is 12.3. The van der Waals surface area contributed by atoms with Crippen LogP contribution in [0.15, 0.2) is 42.6 Å². The highest BCUT2D eigenvalue weighted by atomic mass is 16.1. The number of rotatable bonds is 5. The molecule has 128 valence electrons. The smallest absolute Gasteiger partial charge is 0.229 e. The molecular weight excluding hydrogens is 314 g/mol. The van der Waals surface area contributed by atoms with Crippen LogP contribution < -0.4 is 5.32 Å². The van der Waals surface area contributed by atoms with E-state index in [4.69, 9.17) is 0 Å². The molecule has 1 amide bonds. The lowest BCUT2D eigenvalue weighted by molar-refractivity contribution is -0.115. The molecule has 1 aliphatic rings. The number of amides is 1. The molecule has 6 nitrogen and oxygen atoms in total. The Morgan fingerprint density at radius 2 is 1.96 bits per heavy atom. The molecule has 0 radical (unpaired) electrons. The number of benzene rings is 1. The van der Waals surface area contributed by atoms with Gasteiger partial charge in [0.2, 0.25) is 5.91 Å². The fraction of sp³-hybridized carbons (Fsp3) is 0.316. The second-order valence-corrected chi connectivity index (χ2v) is 6.62. The Bertz CT molecular complexity index is 902. The maximum Gasteiger partial charge on any atom is 0.229 e. The van der Waals surface area contributed by atoms with Crippen molar-refractivity contribution in [2.24, 2.45) is 0 Å². The zero-order valence-electron chi connectivity index (χ0n) is 14.4. The van der Waals surface area contributed by atoms with Gasteiger partial charge in [-0.15, -0.1) is 0 Å². The van der Waals surface area contributed by atoms with Gasteiger partial charge in [0.1, 0.15) is 5.82 Å². The van der Waals surface area contributed by atoms with E-state index in [9.17, 15) is 4.79 Å². The molecule has 0 spiro atoms. The summed E-state index contributed by atoms with van der Waals surface area (Å²) in [6.07, 6.45) is 4.35. The van der Waals surface area contributed by atoms with E-state index in [0.717, 1.165) is 41.3 Å². The van der Waals surface area contributed by atoms with Crippen molar-refractivity contribution >= 4 is 11.7 Å². The number of carbonyl (C=O) groups excluding carboxylic acids is 1. The summed E-state index contributed by atoms with van der Waals surface area (Å²) in [6, 6.07) is 12.3. The van der Waals surface area contributed by atoms with Gasteiger partial charge in [-0.3, -0.25) is 4.79 Å². The van der Waals surface area contributed by atoms with E-state index < -0.39 is 0 Å². The molecule has 25 heavy (non-hydrogen) atoms. The first-order valence-electron chi connectivity index (χ1n) is 8.56. The van der Waals surface area contributed by atoms with Gasteiger partial charge >= 0.3 is 0 Å². The number of nitrogens with zero attached hydrogens (tertiary/aromatic N) is 4. The Morgan fingerprint density at radius 3 is 2.60 bits per heavy atom. The first-order chi connectivity index (χ1) is 12.1. The van der Waals surface area contributed by atoms with Crippen molar-refractivity contribution in [3.8, 4) is 5.69 Å². The molecule has 0 aliphatic heterocycles. The van der Waals surface area contributed by atoms with Gasteiger partial charge in [-0.05, 0) is 50.5 Å². The van der Waals surface area contributed by atoms with Crippen molar-refractivity contribution in [3.63, 3.8) is 0 Å². The fourth-order valence-electron chi connectivity index (χ4n) is 3.04. The number of aromatic nitrogens is 4. The quantitative estimate of drug-likeness (QED) is 0.779. The average molecular weight is 335 g/mol. The number of hydrogen-bond donors (Lipinski definition) is 1. The standard InChI is InChI=1S/C19H21N5O/c1-13-11-14(2)23(22-13)16-5-3-15(4-6-16)12-19(25)21-18-9-10-20-24(18)17-7-8-17/h3-6,9-11,17H,7-8,12H2,1-2H3,(H,21,25). The highest BCUT2D eigenvalue weighted by Gasteiger charge is 2.26. The number of nitrogens with one attached hydrogen (secondary N) is 1. The lowest BCUT2D eigenvalue weighted by Gasteiger charge is -2.09. The van der Waals surface area contributed by atoms with Crippen LogP contribution in [0.5, 0.6) is 0 Å². The van der Waals surface area contributed by atoms with Crippen LogP contribution in [0, 0.1) is 13.8 Å². The van der Waals surface area contributed by atoms with Crippen LogP contribution in [0.25, 0.3) is 5.69 Å². The molecule has 3 aromatic rings. The van der Waals surface area contributed by atoms with Crippen molar-refractivity contribution in [1.29, 1.82) is 0 Å². The first kappa shape index (κ1) is 15.6. The summed E-state index contributed by atoms with van der Waals surface area (Å²) in [4.78, 5) is 12.3. The number of hydrogen-bond acceptors (Lipinski definition) is 3. The van der Waals surface area contributed by atoms with Crippen LogP contribution in [-0.2, 0) is 11.2 Å². The van der Waals surface area contributed by atoms with Gasteiger partial charge in [-0.2, -0.15) is 10.2 Å². The van der Waals surface area contributed by atoms with Crippen molar-refractivity contribution in [1.82, 2.24) is 19.6 Å². The summed E-state index contributed by atoms with van der Waals surface area (Å²) in [5, 5.41) is 11.7. The Balaban J connectivity index is 1.43. The van der Waals surface area contributed by atoms with Crippen molar-refractivity contribution in [2.45, 2.75) is 39.2 Å². The molecule has 1 fully saturated rings. The third kappa shape index (κ3) is 3.33. The molecule has 4 rings (SSSR count). The maximum atomic E-state index is 12.3. The molecule has 1 N–H and O–H groups in total. The molecule has 0 bridgehead atoms. The van der Waals surface area contributed by atoms with Gasteiger partial charge in [0.25, 0.3) is 0 Å². The number of anilines is 1. The van der Waals surface area contributed by atoms with E-state index in [2.05, 4.69) is 15.5 Å². The van der Waals surface area contributed by atoms with Gasteiger partial charge in [0, 0.05) is 11.8 Å². The average Bonchev–Trinajstić information content (AvgIpc) is 3.23. The second kappa shape index (κ2) is 6.20. The summed E-state index contributed by atoms with van der Waals surface area (Å²) in [5.41, 5.74) is 4.06. The summed E-state index contributed by atoms with van der Waals surface area (Å²) in [7, 11) is 0. The minimum atomic E-state index is -0.0266. The van der Waals surface area contributed by atoms with Gasteiger partial charge in [0.05, 0.1) is 30.0 Å². The Hall–Kier alpha value is -2.89. The largest absolute Gasteiger partial charge is 0.311 e. The highest BCUT2D eigenvalue weighted by molar-refractivity contribution is 5.91. The monoisotopic (exact) mass is 335 g/mol. The van der Waals surface area contributed by atoms with Crippen molar-refractivity contribution < 1.29 is 4.79 Å². The van der Waals surface area contributed by atoms with E-state index in [1.165, 1.54) is 0 Å². The van der Waals surface area contributed by atoms with E-state index >= 15 is 0 Å². The van der Waals surface area contributed by atoms with E-state index in [1.54, 1.807) is 6.20 Å². The zero-order chi connectivity index (χ0) is 17.4. The van der Waals surface area contributed by atoms with E-state index in [0.29, 0.717) is 12.5 Å². The molecule has 0 saturated heterocycles. The van der Waals surface area contributed by atoms with Crippen LogP contribution in [0.2, 0.25) is 0 Å². The van der Waals surface area contributed by atoms with Crippen LogP contribution in [0.1, 0.15) is 35.8 Å². The molecule has 1 aromatic carbocycles. The third-order valence-electron chi connectivity index (χ3n) is 4.39. The third-order valence-corrected chi connectivity index (χ3v) is 4.39. The predicted octanol–water partition coefficient (Wildman–Crippen LogP) is 3.20. The van der Waals surface area contributed by atoms with Crippen LogP contribution in [-0.4, -0.2) is 25.5 Å². The van der Waals surface area contributed by atoms with Crippen molar-refractivity contribution in [2.75, 3.05) is 5.32 Å². The van der Waals surface area contributed by atoms with Gasteiger partial charge in [0.15, 0.2) is 0 Å². The number of aryl methyl sites for hydroxylation is 2. The summed E-state index contributed by atoms with van der Waals surface area (Å²) in [5.74, 6) is 0.757. The lowest BCUT2D eigenvalue weighted by Crippen LogP contribution is -2.17. The molecule has 2 heterocycles. The van der Waals surface area contributed by atoms with Crippen LogP contribution >= 0.6 is 0 Å². The minimum absolute atomic E-state index is 0.0266. The number of carbonyl (C=O) groups is 1. The molecule has 0 unspecified atom stereocenters. The Labute approximate surface area is 146 Å². The fourth-order valence-corrected chi connectivity index (χ4v) is 3.04. The molecule has 2 aromatic heterocycles. The van der Waals surface area contributed by atoms with Gasteiger partial charge in [-0.1, -0.05) is 12.1 Å². The first-order valence-corrected chi connectivity index (χ1v) is 8.56. The normalized spacial score (nSPS) is 13.8. The summed E-state index contributed by atoms with van der Waals surface area (Å²) < 4.78 is 3.82. The lowest BCUT2D eigenvalue weighted by atomic mass is 10.1. The zero-order valence-corrected chi connectivity index (χ0v) is 14.4. The van der Waals surface area contributed by atoms with Crippen molar-refractivity contribution in [3.05, 3.63) is 59.5 Å². The van der Waals surface area contributed by atoms with E-state index in [-0.39, 0.29) is 5.91 Å². The summed E-state index contributed by atoms with van der Waals surface area (Å²) in [6.45, 7) is 4.01. The van der Waals surface area contributed by atoms with Crippen LogP contribution in [0.4, 0.5) is 5.82 Å². The molecule has 0 atom stereocenters.